The first-order chi connectivity index (χ1) is 17.0. The van der Waals surface area contributed by atoms with Gasteiger partial charge in [0.1, 0.15) is 12.1 Å². The van der Waals surface area contributed by atoms with E-state index >= 15 is 0 Å². The van der Waals surface area contributed by atoms with Gasteiger partial charge in [-0.2, -0.15) is 0 Å². The average Bonchev–Trinajstić information content (AvgIpc) is 3.40. The second kappa shape index (κ2) is 10.4. The molecular weight excluding hydrogens is 460 g/mol. The summed E-state index contributed by atoms with van der Waals surface area (Å²) in [5, 5.41) is 24.5. The molecule has 2 aromatic rings. The van der Waals surface area contributed by atoms with E-state index in [1.54, 1.807) is 4.68 Å². The van der Waals surface area contributed by atoms with Gasteiger partial charge in [0.15, 0.2) is 0 Å². The van der Waals surface area contributed by atoms with E-state index in [9.17, 15) is 19.5 Å². The Hall–Kier alpha value is -3.27. The van der Waals surface area contributed by atoms with E-state index in [0.29, 0.717) is 18.9 Å². The van der Waals surface area contributed by atoms with Crippen LogP contribution < -0.4 is 10.6 Å². The third kappa shape index (κ3) is 6.10. The molecule has 194 valence electrons. The largest absolute Gasteiger partial charge is 0.391 e. The van der Waals surface area contributed by atoms with Crippen LogP contribution in [0.25, 0.3) is 0 Å². The molecule has 0 radical (unpaired) electrons. The number of amides is 3. The molecule has 1 saturated heterocycles. The Labute approximate surface area is 211 Å². The summed E-state index contributed by atoms with van der Waals surface area (Å²) in [6.45, 7) is 7.85. The number of hydrogen-bond donors (Lipinski definition) is 3. The number of β-amino-alcohol motifs (C(OH)–C–C–N with tert-alkyl or cyclic N) is 1. The SMILES string of the molecule is CC(=O)Nc1ccc(CCNC(=O)C2CC(O)CN2C(=O)[C@@H](n2cc(C3CC3)nn2)C(C)(C)C)cc1. The number of nitrogens with one attached hydrogen (secondary N) is 2. The number of aliphatic hydroxyl groups excluding tert-OH is 1. The van der Waals surface area contributed by atoms with Gasteiger partial charge < -0.3 is 20.6 Å². The molecule has 10 heteroatoms. The molecule has 36 heavy (non-hydrogen) atoms. The lowest BCUT2D eigenvalue weighted by Crippen LogP contribution is -2.50. The minimum atomic E-state index is -0.760. The number of anilines is 1. The number of carbonyl (C=O) groups excluding carboxylic acids is 3. The molecule has 1 aromatic carbocycles. The van der Waals surface area contributed by atoms with Gasteiger partial charge in [-0.1, -0.05) is 38.1 Å². The molecule has 2 aliphatic rings. The van der Waals surface area contributed by atoms with Crippen LogP contribution in [0.1, 0.15) is 70.2 Å². The van der Waals surface area contributed by atoms with Crippen molar-refractivity contribution in [3.63, 3.8) is 0 Å². The first-order valence-electron chi connectivity index (χ1n) is 12.6. The molecule has 1 aliphatic carbocycles. The van der Waals surface area contributed by atoms with Gasteiger partial charge in [-0.15, -0.1) is 5.10 Å². The van der Waals surface area contributed by atoms with Crippen molar-refractivity contribution in [1.29, 1.82) is 0 Å². The van der Waals surface area contributed by atoms with Crippen molar-refractivity contribution in [3.05, 3.63) is 41.7 Å². The lowest BCUT2D eigenvalue weighted by molar-refractivity contribution is -0.144. The number of aromatic nitrogens is 3. The fourth-order valence-corrected chi connectivity index (χ4v) is 4.73. The molecule has 10 nitrogen and oxygen atoms in total. The minimum Gasteiger partial charge on any atom is -0.391 e. The van der Waals surface area contributed by atoms with E-state index in [1.807, 2.05) is 51.2 Å². The van der Waals surface area contributed by atoms with E-state index in [1.165, 1.54) is 11.8 Å². The molecule has 2 fully saturated rings. The van der Waals surface area contributed by atoms with Crippen LogP contribution in [0.5, 0.6) is 0 Å². The van der Waals surface area contributed by atoms with E-state index in [-0.39, 0.29) is 30.7 Å². The molecule has 3 amide bonds. The highest BCUT2D eigenvalue weighted by Gasteiger charge is 2.45. The molecule has 2 unspecified atom stereocenters. The zero-order chi connectivity index (χ0) is 26.0. The van der Waals surface area contributed by atoms with Crippen LogP contribution in [0, 0.1) is 5.41 Å². The van der Waals surface area contributed by atoms with Crippen molar-refractivity contribution >= 4 is 23.4 Å². The van der Waals surface area contributed by atoms with Crippen LogP contribution in [-0.4, -0.2) is 68.0 Å². The monoisotopic (exact) mass is 496 g/mol. The minimum absolute atomic E-state index is 0.109. The zero-order valence-electron chi connectivity index (χ0n) is 21.4. The first-order valence-corrected chi connectivity index (χ1v) is 12.6. The highest BCUT2D eigenvalue weighted by Crippen LogP contribution is 2.40. The van der Waals surface area contributed by atoms with Crippen LogP contribution in [-0.2, 0) is 20.8 Å². The summed E-state index contributed by atoms with van der Waals surface area (Å²) in [6.07, 6.45) is 4.07. The molecular formula is C26H36N6O4. The number of aliphatic hydroxyl groups is 1. The second-order valence-corrected chi connectivity index (χ2v) is 11.0. The average molecular weight is 497 g/mol. The number of nitrogens with zero attached hydrogens (tertiary/aromatic N) is 4. The Bertz CT molecular complexity index is 1100. The molecule has 0 bridgehead atoms. The number of hydrogen-bond acceptors (Lipinski definition) is 6. The Morgan fingerprint density at radius 3 is 2.47 bits per heavy atom. The van der Waals surface area contributed by atoms with Crippen LogP contribution in [0.15, 0.2) is 30.5 Å². The third-order valence-corrected chi connectivity index (χ3v) is 6.69. The highest BCUT2D eigenvalue weighted by atomic mass is 16.3. The van der Waals surface area contributed by atoms with Gasteiger partial charge in [-0.3, -0.25) is 14.4 Å². The molecule has 3 atom stereocenters. The van der Waals surface area contributed by atoms with Crippen molar-refractivity contribution < 1.29 is 19.5 Å². The van der Waals surface area contributed by atoms with Crippen molar-refractivity contribution in [3.8, 4) is 0 Å². The Balaban J connectivity index is 1.40. The topological polar surface area (TPSA) is 129 Å². The fourth-order valence-electron chi connectivity index (χ4n) is 4.73. The summed E-state index contributed by atoms with van der Waals surface area (Å²) in [4.78, 5) is 39.5. The summed E-state index contributed by atoms with van der Waals surface area (Å²) < 4.78 is 1.63. The summed E-state index contributed by atoms with van der Waals surface area (Å²) in [5.41, 5.74) is 2.16. The fraction of sp³-hybridized carbons (Fsp3) is 0.577. The van der Waals surface area contributed by atoms with E-state index < -0.39 is 23.6 Å². The van der Waals surface area contributed by atoms with Gasteiger partial charge in [-0.25, -0.2) is 4.68 Å². The van der Waals surface area contributed by atoms with Crippen LogP contribution in [0.4, 0.5) is 5.69 Å². The first kappa shape index (κ1) is 25.8. The maximum Gasteiger partial charge on any atom is 0.248 e. The maximum absolute atomic E-state index is 13.8. The third-order valence-electron chi connectivity index (χ3n) is 6.69. The van der Waals surface area contributed by atoms with Crippen molar-refractivity contribution in [2.24, 2.45) is 5.41 Å². The maximum atomic E-state index is 13.8. The molecule has 1 aromatic heterocycles. The van der Waals surface area contributed by atoms with Crippen LogP contribution in [0.2, 0.25) is 0 Å². The lowest BCUT2D eigenvalue weighted by atomic mass is 9.85. The summed E-state index contributed by atoms with van der Waals surface area (Å²) in [7, 11) is 0. The summed E-state index contributed by atoms with van der Waals surface area (Å²) >= 11 is 0. The zero-order valence-corrected chi connectivity index (χ0v) is 21.4. The molecule has 3 N–H and O–H groups in total. The summed E-state index contributed by atoms with van der Waals surface area (Å²) in [5.74, 6) is -0.225. The van der Waals surface area contributed by atoms with Gasteiger partial charge in [0, 0.05) is 44.2 Å². The number of rotatable bonds is 8. The molecule has 2 heterocycles. The Morgan fingerprint density at radius 2 is 1.86 bits per heavy atom. The number of likely N-dealkylation sites (tertiary alicyclic amines) is 1. The van der Waals surface area contributed by atoms with Gasteiger partial charge in [-0.05, 0) is 42.4 Å². The van der Waals surface area contributed by atoms with Gasteiger partial charge in [0.05, 0.1) is 11.8 Å². The number of benzene rings is 1. The van der Waals surface area contributed by atoms with Crippen molar-refractivity contribution in [2.45, 2.75) is 77.5 Å². The van der Waals surface area contributed by atoms with E-state index in [0.717, 1.165) is 29.8 Å². The normalized spacial score (nSPS) is 20.8. The van der Waals surface area contributed by atoms with E-state index in [4.69, 9.17) is 0 Å². The predicted molar refractivity (Wildman–Crippen MR) is 134 cm³/mol. The molecule has 1 aliphatic heterocycles. The standard InChI is InChI=1S/C26H36N6O4/c1-16(33)28-19-9-5-17(6-10-19)11-12-27-24(35)22-13-20(34)14-31(22)25(36)23(26(2,3)4)32-15-21(29-30-32)18-7-8-18/h5-6,9-10,15,18,20,22-23,34H,7-8,11-14H2,1-4H3,(H,27,35)(H,28,33)/t20?,22?,23-/m1/s1. The Kier molecular flexibility index (Phi) is 7.44. The highest BCUT2D eigenvalue weighted by molar-refractivity contribution is 5.90. The lowest BCUT2D eigenvalue weighted by Gasteiger charge is -2.34. The van der Waals surface area contributed by atoms with Crippen molar-refractivity contribution in [2.75, 3.05) is 18.4 Å². The van der Waals surface area contributed by atoms with Crippen LogP contribution >= 0.6 is 0 Å². The smallest absolute Gasteiger partial charge is 0.248 e. The molecule has 4 rings (SSSR count). The second-order valence-electron chi connectivity index (χ2n) is 11.0. The predicted octanol–water partition coefficient (Wildman–Crippen LogP) is 2.02. The summed E-state index contributed by atoms with van der Waals surface area (Å²) in [6, 6.07) is 6.05. The van der Waals surface area contributed by atoms with Crippen LogP contribution in [0.3, 0.4) is 0 Å². The molecule has 1 saturated carbocycles. The van der Waals surface area contributed by atoms with Gasteiger partial charge in [0.25, 0.3) is 0 Å². The van der Waals surface area contributed by atoms with Gasteiger partial charge >= 0.3 is 0 Å². The number of carbonyl (C=O) groups is 3. The molecule has 0 spiro atoms. The van der Waals surface area contributed by atoms with Crippen molar-refractivity contribution in [1.82, 2.24) is 25.2 Å². The van der Waals surface area contributed by atoms with Gasteiger partial charge in [0.2, 0.25) is 17.7 Å². The quantitative estimate of drug-likeness (QED) is 0.513. The van der Waals surface area contributed by atoms with E-state index in [2.05, 4.69) is 20.9 Å². The Morgan fingerprint density at radius 1 is 1.17 bits per heavy atom.